The number of likely N-dealkylation sites (tertiary alicyclic amines) is 1. The van der Waals surface area contributed by atoms with Crippen molar-refractivity contribution in [2.24, 2.45) is 0 Å². The number of carbonyl (C=O) groups is 1. The quantitative estimate of drug-likeness (QED) is 0.184. The molecule has 2 atom stereocenters. The number of aliphatic hydroxyl groups excluding tert-OH is 1. The highest BCUT2D eigenvalue weighted by molar-refractivity contribution is 5.99. The summed E-state index contributed by atoms with van der Waals surface area (Å²) in [5.74, 6) is -0.883. The molecule has 0 unspecified atom stereocenters. The lowest BCUT2D eigenvalue weighted by atomic mass is 10.0. The first kappa shape index (κ1) is 31.9. The van der Waals surface area contributed by atoms with Gasteiger partial charge in [0.2, 0.25) is 5.95 Å². The number of nitrogens with two attached hydrogens (primary N) is 1. The minimum absolute atomic E-state index is 0.0927. The van der Waals surface area contributed by atoms with Crippen LogP contribution in [0.25, 0.3) is 33.2 Å². The molecule has 0 radical (unpaired) electrons. The maximum atomic E-state index is 13.3. The van der Waals surface area contributed by atoms with Gasteiger partial charge >= 0.3 is 0 Å². The number of anilines is 1. The average molecular weight is 651 g/mol. The number of aromatic nitrogens is 3. The van der Waals surface area contributed by atoms with Crippen molar-refractivity contribution < 1.29 is 23.8 Å². The Bertz CT molecular complexity index is 1870. The number of nitrogen functional groups attached to an aromatic ring is 1. The van der Waals surface area contributed by atoms with Crippen molar-refractivity contribution in [1.82, 2.24) is 24.8 Å². The Labute approximate surface area is 278 Å². The van der Waals surface area contributed by atoms with Crippen molar-refractivity contribution >= 4 is 22.6 Å². The summed E-state index contributed by atoms with van der Waals surface area (Å²) in [6.45, 7) is 4.05. The fourth-order valence-corrected chi connectivity index (χ4v) is 6.66. The molecule has 248 valence electrons. The van der Waals surface area contributed by atoms with Gasteiger partial charge in [-0.25, -0.2) is 9.97 Å². The number of aliphatic hydroxyl groups is 1. The maximum Gasteiger partial charge on any atom is 0.255 e. The van der Waals surface area contributed by atoms with Gasteiger partial charge < -0.3 is 35.1 Å². The second kappa shape index (κ2) is 14.2. The lowest BCUT2D eigenvalue weighted by Gasteiger charge is -2.32. The molecule has 48 heavy (non-hydrogen) atoms. The summed E-state index contributed by atoms with van der Waals surface area (Å²) in [7, 11) is 0. The van der Waals surface area contributed by atoms with E-state index in [4.69, 9.17) is 15.2 Å². The Kier molecular flexibility index (Phi) is 9.44. The highest BCUT2D eigenvalue weighted by Crippen LogP contribution is 2.31. The molecule has 1 amide bonds. The molecule has 5 aromatic rings. The summed E-state index contributed by atoms with van der Waals surface area (Å²) in [6.07, 6.45) is 6.96. The van der Waals surface area contributed by atoms with E-state index in [1.807, 2.05) is 0 Å². The van der Waals surface area contributed by atoms with Crippen LogP contribution in [0, 0.1) is 5.95 Å². The van der Waals surface area contributed by atoms with E-state index in [0.717, 1.165) is 49.2 Å². The number of nitrogens with one attached hydrogen (secondary N) is 1. The number of carbonyl (C=O) groups excluding carboxylic acids is 1. The number of hydrogen-bond donors (Lipinski definition) is 3. The monoisotopic (exact) mass is 650 g/mol. The lowest BCUT2D eigenvalue weighted by Crippen LogP contribution is -2.44. The van der Waals surface area contributed by atoms with Crippen LogP contribution in [0.4, 0.5) is 10.2 Å². The Morgan fingerprint density at radius 3 is 2.50 bits per heavy atom. The molecule has 3 aromatic heterocycles. The number of rotatable bonds is 10. The number of hydrogen-bond acceptors (Lipinski definition) is 8. The van der Waals surface area contributed by atoms with E-state index < -0.39 is 5.95 Å². The molecule has 2 aliphatic heterocycles. The highest BCUT2D eigenvalue weighted by atomic mass is 19.1. The number of nitrogens with zero attached hydrogens (tertiary/aromatic N) is 4. The van der Waals surface area contributed by atoms with Gasteiger partial charge in [-0.2, -0.15) is 4.39 Å². The zero-order valence-electron chi connectivity index (χ0n) is 26.6. The van der Waals surface area contributed by atoms with Gasteiger partial charge in [0, 0.05) is 66.3 Å². The van der Waals surface area contributed by atoms with Crippen LogP contribution in [0.5, 0.6) is 0 Å². The number of ether oxygens (including phenoxy) is 2. The Morgan fingerprint density at radius 2 is 1.73 bits per heavy atom. The van der Waals surface area contributed by atoms with Gasteiger partial charge in [0.25, 0.3) is 5.91 Å². The molecule has 0 bridgehead atoms. The van der Waals surface area contributed by atoms with Crippen molar-refractivity contribution in [2.75, 3.05) is 45.2 Å². The molecular weight excluding hydrogens is 611 g/mol. The van der Waals surface area contributed by atoms with E-state index in [-0.39, 0.29) is 36.0 Å². The Morgan fingerprint density at radius 1 is 0.958 bits per heavy atom. The van der Waals surface area contributed by atoms with E-state index in [1.54, 1.807) is 12.1 Å². The number of piperidine rings is 1. The third-order valence-corrected chi connectivity index (χ3v) is 9.41. The van der Waals surface area contributed by atoms with Gasteiger partial charge in [0.05, 0.1) is 38.0 Å². The molecular formula is C37H39FN6O4. The predicted molar refractivity (Wildman–Crippen MR) is 182 cm³/mol. The topological polar surface area (TPSA) is 128 Å². The summed E-state index contributed by atoms with van der Waals surface area (Å²) in [4.78, 5) is 23.4. The molecule has 2 fully saturated rings. The van der Waals surface area contributed by atoms with Crippen LogP contribution in [-0.2, 0) is 16.1 Å². The van der Waals surface area contributed by atoms with Crippen LogP contribution in [0.1, 0.15) is 34.8 Å². The SMILES string of the molecule is Nc1ncc(-c2ccc(F)nc2)cc1C(=O)N[C@H]1COC[C@@H]1OCc1ccc(-c2ccc3c(ccn3C3CCN(CCO)CC3)c2)cc1. The third kappa shape index (κ3) is 6.95. The van der Waals surface area contributed by atoms with E-state index >= 15 is 0 Å². The summed E-state index contributed by atoms with van der Waals surface area (Å²) in [6, 6.07) is 21.8. The van der Waals surface area contributed by atoms with Gasteiger partial charge in [-0.1, -0.05) is 30.3 Å². The fourth-order valence-electron chi connectivity index (χ4n) is 6.66. The van der Waals surface area contributed by atoms with Gasteiger partial charge in [0.15, 0.2) is 0 Å². The summed E-state index contributed by atoms with van der Waals surface area (Å²) >= 11 is 0. The first-order valence-electron chi connectivity index (χ1n) is 16.4. The summed E-state index contributed by atoms with van der Waals surface area (Å²) in [5, 5.41) is 13.5. The van der Waals surface area contributed by atoms with E-state index in [2.05, 4.69) is 79.5 Å². The van der Waals surface area contributed by atoms with E-state index in [0.29, 0.717) is 37.0 Å². The summed E-state index contributed by atoms with van der Waals surface area (Å²) < 4.78 is 27.5. The standard InChI is InChI=1S/C37H39FN6O4/c38-35-8-6-28(19-40-35)29-18-31(36(39)41-20-29)37(46)42-32-22-47-23-34(32)48-21-24-1-3-25(4-2-24)26-5-7-33-27(17-26)9-14-44(33)30-10-12-43(13-11-30)15-16-45/h1-9,14,17-20,30,32,34,45H,10-13,15-16,21-23H2,(H2,39,41)(H,42,46)/t32-,34-/m0/s1. The van der Waals surface area contributed by atoms with Gasteiger partial charge in [0.1, 0.15) is 11.9 Å². The Balaban J connectivity index is 0.955. The second-order valence-electron chi connectivity index (χ2n) is 12.5. The Hall–Kier alpha value is -4.68. The van der Waals surface area contributed by atoms with Crippen molar-refractivity contribution in [1.29, 1.82) is 0 Å². The normalized spacial score (nSPS) is 18.8. The van der Waals surface area contributed by atoms with Crippen LogP contribution in [0.15, 0.2) is 85.3 Å². The largest absolute Gasteiger partial charge is 0.395 e. The lowest BCUT2D eigenvalue weighted by molar-refractivity contribution is 0.0218. The minimum atomic E-state index is -0.588. The van der Waals surface area contributed by atoms with Crippen LogP contribution < -0.4 is 11.1 Å². The number of pyridine rings is 2. The average Bonchev–Trinajstić information content (AvgIpc) is 3.75. The third-order valence-electron chi connectivity index (χ3n) is 9.41. The van der Waals surface area contributed by atoms with Crippen molar-refractivity contribution in [2.45, 2.75) is 37.6 Å². The van der Waals surface area contributed by atoms with Crippen LogP contribution in [-0.4, -0.2) is 82.0 Å². The number of fused-ring (bicyclic) bond motifs is 1. The van der Waals surface area contributed by atoms with Gasteiger partial charge in [-0.3, -0.25) is 4.79 Å². The van der Waals surface area contributed by atoms with Crippen LogP contribution >= 0.6 is 0 Å². The molecule has 7 rings (SSSR count). The first-order chi connectivity index (χ1) is 23.4. The zero-order chi connectivity index (χ0) is 33.0. The van der Waals surface area contributed by atoms with Crippen molar-refractivity contribution in [3.05, 3.63) is 102 Å². The van der Waals surface area contributed by atoms with E-state index in [1.165, 1.54) is 29.4 Å². The number of halogens is 1. The molecule has 4 N–H and O–H groups in total. The molecule has 0 aliphatic carbocycles. The van der Waals surface area contributed by atoms with Gasteiger partial charge in [-0.05, 0) is 65.9 Å². The molecule has 5 heterocycles. The zero-order valence-corrected chi connectivity index (χ0v) is 26.6. The molecule has 2 aromatic carbocycles. The van der Waals surface area contributed by atoms with Crippen molar-refractivity contribution in [3.63, 3.8) is 0 Å². The second-order valence-corrected chi connectivity index (χ2v) is 12.5. The molecule has 0 saturated carbocycles. The van der Waals surface area contributed by atoms with Crippen LogP contribution in [0.2, 0.25) is 0 Å². The molecule has 11 heteroatoms. The molecule has 2 aliphatic rings. The predicted octanol–water partition coefficient (Wildman–Crippen LogP) is 4.83. The van der Waals surface area contributed by atoms with Crippen molar-refractivity contribution in [3.8, 4) is 22.3 Å². The van der Waals surface area contributed by atoms with Crippen LogP contribution in [0.3, 0.4) is 0 Å². The maximum absolute atomic E-state index is 13.3. The molecule has 10 nitrogen and oxygen atoms in total. The molecule has 0 spiro atoms. The number of β-amino-alcohol motifs (C(OH)–C–C–N with tert-alkyl or cyclic N) is 1. The minimum Gasteiger partial charge on any atom is -0.395 e. The van der Waals surface area contributed by atoms with Gasteiger partial charge in [-0.15, -0.1) is 0 Å². The fraction of sp³-hybridized carbons (Fsp3) is 0.324. The smallest absolute Gasteiger partial charge is 0.255 e. The number of amides is 1. The summed E-state index contributed by atoms with van der Waals surface area (Å²) in [5.41, 5.74) is 12.0. The molecule has 2 saturated heterocycles. The van der Waals surface area contributed by atoms with E-state index in [9.17, 15) is 14.3 Å². The first-order valence-corrected chi connectivity index (χ1v) is 16.4. The highest BCUT2D eigenvalue weighted by Gasteiger charge is 2.31. The number of benzene rings is 2.